The highest BCUT2D eigenvalue weighted by atomic mass is 32.8. The molecule has 8 nitrogen and oxygen atoms in total. The van der Waals surface area contributed by atoms with E-state index in [0.717, 1.165) is 0 Å². The van der Waals surface area contributed by atoms with Crippen molar-refractivity contribution in [3.05, 3.63) is 0 Å². The van der Waals surface area contributed by atoms with Gasteiger partial charge in [-0.15, -0.1) is 4.89 Å². The van der Waals surface area contributed by atoms with Crippen LogP contribution in [0.15, 0.2) is 0 Å². The zero-order chi connectivity index (χ0) is 9.28. The second-order valence-electron chi connectivity index (χ2n) is 1.24. The third kappa shape index (κ3) is 3.35. The van der Waals surface area contributed by atoms with Crippen LogP contribution in [0.2, 0.25) is 0 Å². The smallest absolute Gasteiger partial charge is 0.309 e. The quantitative estimate of drug-likeness (QED) is 0.437. The first-order chi connectivity index (χ1) is 4.67. The van der Waals surface area contributed by atoms with Gasteiger partial charge in [-0.3, -0.25) is 4.55 Å². The molecule has 0 spiro atoms. The molecule has 0 aromatic rings. The van der Waals surface area contributed by atoms with Crippen LogP contribution in [0.4, 0.5) is 0 Å². The first-order valence-corrected chi connectivity index (χ1v) is 6.58. The van der Waals surface area contributed by atoms with Gasteiger partial charge in [0.25, 0.3) is 0 Å². The van der Waals surface area contributed by atoms with Crippen LogP contribution in [0.1, 0.15) is 0 Å². The molecule has 0 bridgehead atoms. The summed E-state index contributed by atoms with van der Waals surface area (Å²) in [5, 5.41) is 0. The van der Waals surface area contributed by atoms with E-state index in [1.54, 1.807) is 0 Å². The van der Waals surface area contributed by atoms with E-state index in [0.29, 0.717) is 0 Å². The number of rotatable bonds is 3. The monoisotopic (exact) mass is 225 g/mol. The van der Waals surface area contributed by atoms with Crippen molar-refractivity contribution in [1.82, 2.24) is 0 Å². The van der Waals surface area contributed by atoms with E-state index < -0.39 is 24.8 Å². The van der Waals surface area contributed by atoms with Crippen LogP contribution in [0.5, 0.6) is 0 Å². The third-order valence-corrected chi connectivity index (χ3v) is 4.78. The van der Waals surface area contributed by atoms with Gasteiger partial charge in [0.15, 0.2) is 0 Å². The molecular weight excluding hydrogens is 222 g/mol. The Morgan fingerprint density at radius 1 is 1.45 bits per heavy atom. The van der Waals surface area contributed by atoms with Crippen LogP contribution in [0.3, 0.4) is 0 Å². The molecule has 66 valence electrons. The van der Waals surface area contributed by atoms with Crippen LogP contribution in [0.25, 0.3) is 0 Å². The molecule has 11 heavy (non-hydrogen) atoms. The first kappa shape index (κ1) is 11.1. The molecule has 0 saturated carbocycles. The molecule has 0 aromatic carbocycles. The minimum Gasteiger partial charge on any atom is -0.309 e. The van der Waals surface area contributed by atoms with Gasteiger partial charge in [0.05, 0.1) is 0 Å². The fourth-order valence-corrected chi connectivity index (χ4v) is 2.45. The zero-order valence-electron chi connectivity index (χ0n) is 4.69. The lowest BCUT2D eigenvalue weighted by Crippen LogP contribution is -1.98. The van der Waals surface area contributed by atoms with E-state index in [2.05, 4.69) is 4.31 Å². The predicted octanol–water partition coefficient (Wildman–Crippen LogP) is -0.359. The largest absolute Gasteiger partial charge is 0.704 e. The summed E-state index contributed by atoms with van der Waals surface area (Å²) in [6.07, 6.45) is 0. The number of hydrogen-bond acceptors (Lipinski definition) is 5. The minimum absolute atomic E-state index is 3.14. The molecule has 3 N–H and O–H groups in total. The zero-order valence-corrected chi connectivity index (χ0v) is 7.29. The van der Waals surface area contributed by atoms with Gasteiger partial charge in [-0.05, 0) is 4.31 Å². The van der Waals surface area contributed by atoms with Crippen LogP contribution >= 0.6 is 15.1 Å². The molecule has 0 heterocycles. The molecule has 2 unspecified atom stereocenters. The van der Waals surface area contributed by atoms with Crippen molar-refractivity contribution < 1.29 is 36.2 Å². The first-order valence-electron chi connectivity index (χ1n) is 1.83. The summed E-state index contributed by atoms with van der Waals surface area (Å²) in [6, 6.07) is 0. The highest BCUT2D eigenvalue weighted by Crippen LogP contribution is 2.54. The van der Waals surface area contributed by atoms with Crippen LogP contribution in [-0.2, 0) is 23.2 Å². The Bertz CT molecular complexity index is 296. The molecular formula is H3O8P2S+. The predicted molar refractivity (Wildman–Crippen MR) is 32.3 cm³/mol. The molecule has 0 saturated heterocycles. The molecule has 0 aromatic heterocycles. The highest BCUT2D eigenvalue weighted by Gasteiger charge is 2.45. The topological polar surface area (TPSA) is 138 Å². The molecule has 0 fully saturated rings. The van der Waals surface area contributed by atoms with Crippen molar-refractivity contribution in [2.24, 2.45) is 0 Å². The second kappa shape index (κ2) is 3.24. The van der Waals surface area contributed by atoms with Crippen LogP contribution in [0, 0.1) is 0 Å². The average Bonchev–Trinajstić information content (AvgIpc) is 1.56. The summed E-state index contributed by atoms with van der Waals surface area (Å²) in [4.78, 5) is 16.0. The van der Waals surface area contributed by atoms with Gasteiger partial charge in [-0.25, -0.2) is 4.57 Å². The number of hydrogen-bond donors (Lipinski definition) is 3. The summed E-state index contributed by atoms with van der Waals surface area (Å²) >= 11 is 0. The lowest BCUT2D eigenvalue weighted by molar-refractivity contribution is 0.355. The maximum absolute atomic E-state index is 10.2. The van der Waals surface area contributed by atoms with Crippen molar-refractivity contribution in [2.45, 2.75) is 0 Å². The molecule has 0 amide bonds. The van der Waals surface area contributed by atoms with Crippen LogP contribution < -0.4 is 0 Å². The van der Waals surface area contributed by atoms with E-state index in [4.69, 9.17) is 14.3 Å². The molecule has 0 aliphatic heterocycles. The van der Waals surface area contributed by atoms with E-state index >= 15 is 0 Å². The lowest BCUT2D eigenvalue weighted by Gasteiger charge is -1.95. The van der Waals surface area contributed by atoms with Crippen molar-refractivity contribution in [3.63, 3.8) is 0 Å². The van der Waals surface area contributed by atoms with Gasteiger partial charge in [0.1, 0.15) is 0 Å². The SMILES string of the molecule is O=[P+](O)OP(=O)(O)S(=O)(=O)O. The van der Waals surface area contributed by atoms with Gasteiger partial charge in [0, 0.05) is 4.57 Å². The third-order valence-electron chi connectivity index (χ3n) is 0.465. The average molecular weight is 225 g/mol. The summed E-state index contributed by atoms with van der Waals surface area (Å²) in [5.41, 5.74) is 0. The normalized spacial score (nSPS) is 19.0. The lowest BCUT2D eigenvalue weighted by atomic mass is 15.8. The summed E-state index contributed by atoms with van der Waals surface area (Å²) in [5.74, 6) is 0. The Balaban J connectivity index is 4.79. The van der Waals surface area contributed by atoms with E-state index in [1.807, 2.05) is 0 Å². The fraction of sp³-hybridized carbons (Fsp3) is 0. The Labute approximate surface area is 61.8 Å². The van der Waals surface area contributed by atoms with Crippen molar-refractivity contribution >= 4 is 24.8 Å². The van der Waals surface area contributed by atoms with Crippen molar-refractivity contribution in [2.75, 3.05) is 0 Å². The van der Waals surface area contributed by atoms with Crippen molar-refractivity contribution in [3.8, 4) is 0 Å². The van der Waals surface area contributed by atoms with Gasteiger partial charge >= 0.3 is 24.8 Å². The summed E-state index contributed by atoms with van der Waals surface area (Å²) in [6.45, 7) is -5.44. The Hall–Kier alpha value is 0.120. The fourth-order valence-electron chi connectivity index (χ4n) is 0.130. The molecule has 11 heteroatoms. The second-order valence-corrected chi connectivity index (χ2v) is 6.97. The molecule has 0 aliphatic carbocycles. The van der Waals surface area contributed by atoms with E-state index in [9.17, 15) is 17.5 Å². The standard InChI is InChI=1S/H2O8P2S/c1-9(2)8-10(3,4)11(5,6)7/h(H2-,1,2,3,4,5,6,7)/p+1. The van der Waals surface area contributed by atoms with Crippen molar-refractivity contribution in [1.29, 1.82) is 0 Å². The summed E-state index contributed by atoms with van der Waals surface area (Å²) < 4.78 is 50.6. The Kier molecular flexibility index (Phi) is 3.27. The molecule has 0 radical (unpaired) electrons. The van der Waals surface area contributed by atoms with Crippen LogP contribution in [-0.4, -0.2) is 22.8 Å². The summed E-state index contributed by atoms with van der Waals surface area (Å²) in [7, 11) is -8.91. The van der Waals surface area contributed by atoms with E-state index in [1.165, 1.54) is 0 Å². The minimum atomic E-state index is -5.44. The molecule has 0 aliphatic rings. The van der Waals surface area contributed by atoms with Gasteiger partial charge in [0.2, 0.25) is 0 Å². The van der Waals surface area contributed by atoms with E-state index in [-0.39, 0.29) is 0 Å². The van der Waals surface area contributed by atoms with Gasteiger partial charge in [-0.1, -0.05) is 0 Å². The molecule has 0 rings (SSSR count). The Morgan fingerprint density at radius 2 is 1.82 bits per heavy atom. The maximum atomic E-state index is 10.2. The maximum Gasteiger partial charge on any atom is 0.704 e. The van der Waals surface area contributed by atoms with Gasteiger partial charge in [-0.2, -0.15) is 8.42 Å². The highest BCUT2D eigenvalue weighted by molar-refractivity contribution is 8.46. The Morgan fingerprint density at radius 3 is 1.91 bits per heavy atom. The van der Waals surface area contributed by atoms with Gasteiger partial charge < -0.3 is 4.89 Å². The molecule has 2 atom stereocenters.